The van der Waals surface area contributed by atoms with Crippen molar-refractivity contribution in [2.24, 2.45) is 11.5 Å². The summed E-state index contributed by atoms with van der Waals surface area (Å²) in [6.45, 7) is 2.23. The number of hydrogen-bond donors (Lipinski definition) is 6. The number of amides is 6. The van der Waals surface area contributed by atoms with Crippen LogP contribution in [0.4, 0.5) is 21.0 Å². The molecule has 0 aliphatic carbocycles. The van der Waals surface area contributed by atoms with Gasteiger partial charge in [-0.05, 0) is 55.0 Å². The van der Waals surface area contributed by atoms with Crippen molar-refractivity contribution in [3.05, 3.63) is 59.7 Å². The molecule has 2 aromatic rings. The molecule has 0 spiro atoms. The number of nitrogens with one attached hydrogen (secondary N) is 4. The second-order valence-electron chi connectivity index (χ2n) is 6.80. The van der Waals surface area contributed by atoms with E-state index in [0.717, 1.165) is 6.42 Å². The minimum Gasteiger partial charge on any atom is -0.351 e. The third-order valence-electron chi connectivity index (χ3n) is 4.31. The molecule has 1 atom stereocenters. The van der Waals surface area contributed by atoms with Crippen LogP contribution in [-0.4, -0.2) is 36.5 Å². The summed E-state index contributed by atoms with van der Waals surface area (Å²) in [7, 11) is 0. The third kappa shape index (κ3) is 7.69. The zero-order chi connectivity index (χ0) is 22.8. The smallest absolute Gasteiger partial charge is 0.316 e. The maximum Gasteiger partial charge on any atom is 0.316 e. The number of rotatable bonds is 9. The number of carbonyl (C=O) groups excluding carboxylic acids is 4. The highest BCUT2D eigenvalue weighted by Gasteiger charge is 2.15. The van der Waals surface area contributed by atoms with Crippen molar-refractivity contribution < 1.29 is 19.2 Å². The Labute approximate surface area is 179 Å². The van der Waals surface area contributed by atoms with Crippen LogP contribution in [0.1, 0.15) is 40.5 Å². The fraction of sp³-hybridized carbons (Fsp3) is 0.238. The first-order valence-corrected chi connectivity index (χ1v) is 9.70. The van der Waals surface area contributed by atoms with Crippen LogP contribution >= 0.6 is 0 Å². The third-order valence-corrected chi connectivity index (χ3v) is 4.31. The fourth-order valence-electron chi connectivity index (χ4n) is 2.85. The Balaban J connectivity index is 1.93. The van der Waals surface area contributed by atoms with Gasteiger partial charge in [-0.15, -0.1) is 0 Å². The van der Waals surface area contributed by atoms with Crippen molar-refractivity contribution in [1.29, 1.82) is 0 Å². The largest absolute Gasteiger partial charge is 0.351 e. The highest BCUT2D eigenvalue weighted by molar-refractivity contribution is 5.96. The molecule has 0 fully saturated rings. The Morgan fingerprint density at radius 1 is 0.774 bits per heavy atom. The topological polar surface area (TPSA) is 168 Å². The van der Waals surface area contributed by atoms with Gasteiger partial charge in [0.15, 0.2) is 0 Å². The van der Waals surface area contributed by atoms with E-state index in [-0.39, 0.29) is 24.4 Å². The predicted octanol–water partition coefficient (Wildman–Crippen LogP) is 2.00. The number of benzene rings is 2. The van der Waals surface area contributed by atoms with Gasteiger partial charge in [0.05, 0.1) is 0 Å². The molecule has 10 heteroatoms. The molecule has 0 heterocycles. The molecule has 6 amide bonds. The Morgan fingerprint density at radius 3 is 1.65 bits per heavy atom. The maximum absolute atomic E-state index is 12.5. The SMILES string of the molecule is CCCC(CNC(=O)c1ccc(NC(N)=O)cc1)NC(=O)c1ccc(NC(N)=O)cc1. The molecule has 0 radical (unpaired) electrons. The van der Waals surface area contributed by atoms with E-state index in [4.69, 9.17) is 11.5 Å². The van der Waals surface area contributed by atoms with E-state index in [2.05, 4.69) is 21.3 Å². The van der Waals surface area contributed by atoms with E-state index in [1.54, 1.807) is 48.5 Å². The lowest BCUT2D eigenvalue weighted by Crippen LogP contribution is -2.43. The second-order valence-corrected chi connectivity index (χ2v) is 6.80. The number of hydrogen-bond acceptors (Lipinski definition) is 4. The van der Waals surface area contributed by atoms with Gasteiger partial charge in [0.25, 0.3) is 11.8 Å². The maximum atomic E-state index is 12.5. The summed E-state index contributed by atoms with van der Waals surface area (Å²) in [5.41, 5.74) is 11.9. The summed E-state index contributed by atoms with van der Waals surface area (Å²) in [5, 5.41) is 10.6. The Kier molecular flexibility index (Phi) is 8.38. The normalized spacial score (nSPS) is 11.1. The number of urea groups is 2. The van der Waals surface area contributed by atoms with Crippen LogP contribution in [-0.2, 0) is 0 Å². The Hall–Kier alpha value is -4.08. The Morgan fingerprint density at radius 2 is 1.23 bits per heavy atom. The van der Waals surface area contributed by atoms with Gasteiger partial charge >= 0.3 is 12.1 Å². The van der Waals surface area contributed by atoms with Crippen LogP contribution in [0.5, 0.6) is 0 Å². The summed E-state index contributed by atoms with van der Waals surface area (Å²) >= 11 is 0. The van der Waals surface area contributed by atoms with Gasteiger partial charge in [-0.25, -0.2) is 9.59 Å². The summed E-state index contributed by atoms with van der Waals surface area (Å²) in [6, 6.07) is 10.9. The first-order valence-electron chi connectivity index (χ1n) is 9.70. The van der Waals surface area contributed by atoms with Gasteiger partial charge in [0.1, 0.15) is 0 Å². The van der Waals surface area contributed by atoms with Crippen LogP contribution in [0.2, 0.25) is 0 Å². The van der Waals surface area contributed by atoms with E-state index >= 15 is 0 Å². The molecule has 2 aromatic carbocycles. The lowest BCUT2D eigenvalue weighted by atomic mass is 10.1. The molecule has 31 heavy (non-hydrogen) atoms. The molecular formula is C21H26N6O4. The average molecular weight is 426 g/mol. The van der Waals surface area contributed by atoms with Crippen LogP contribution in [0.25, 0.3) is 0 Å². The first-order chi connectivity index (χ1) is 14.8. The minimum absolute atomic E-state index is 0.251. The molecule has 0 aromatic heterocycles. The fourth-order valence-corrected chi connectivity index (χ4v) is 2.85. The highest BCUT2D eigenvalue weighted by atomic mass is 16.2. The van der Waals surface area contributed by atoms with Crippen LogP contribution in [0, 0.1) is 0 Å². The monoisotopic (exact) mass is 426 g/mol. The van der Waals surface area contributed by atoms with Crippen molar-refractivity contribution in [2.75, 3.05) is 17.2 Å². The summed E-state index contributed by atoms with van der Waals surface area (Å²) in [5.74, 6) is -0.594. The highest BCUT2D eigenvalue weighted by Crippen LogP contribution is 2.11. The first kappa shape index (κ1) is 23.2. The van der Waals surface area contributed by atoms with Gasteiger partial charge in [-0.1, -0.05) is 13.3 Å². The quantitative estimate of drug-likeness (QED) is 0.361. The standard InChI is InChI=1S/C21H26N6O4/c1-2-3-17(25-19(29)14-6-10-16(11-7-14)27-21(23)31)12-24-18(28)13-4-8-15(9-5-13)26-20(22)30/h4-11,17H,2-3,12H2,1H3,(H,24,28)(H,25,29)(H3,22,26,30)(H3,23,27,31). The molecule has 8 N–H and O–H groups in total. The number of primary amides is 2. The zero-order valence-electron chi connectivity index (χ0n) is 17.1. The molecule has 1 unspecified atom stereocenters. The number of carbonyl (C=O) groups is 4. The molecule has 0 saturated carbocycles. The van der Waals surface area contributed by atoms with E-state index in [1.165, 1.54) is 0 Å². The lowest BCUT2D eigenvalue weighted by molar-refractivity contribution is 0.0906. The molecule has 164 valence electrons. The summed E-state index contributed by atoms with van der Waals surface area (Å²) < 4.78 is 0. The second kappa shape index (κ2) is 11.2. The van der Waals surface area contributed by atoms with Gasteiger partial charge in [0, 0.05) is 35.1 Å². The van der Waals surface area contributed by atoms with Gasteiger partial charge < -0.3 is 32.7 Å². The lowest BCUT2D eigenvalue weighted by Gasteiger charge is -2.19. The van der Waals surface area contributed by atoms with Crippen molar-refractivity contribution in [3.63, 3.8) is 0 Å². The predicted molar refractivity (Wildman–Crippen MR) is 118 cm³/mol. The molecular weight excluding hydrogens is 400 g/mol. The zero-order valence-corrected chi connectivity index (χ0v) is 17.1. The molecule has 0 saturated heterocycles. The number of anilines is 2. The molecule has 10 nitrogen and oxygen atoms in total. The van der Waals surface area contributed by atoms with Crippen LogP contribution < -0.4 is 32.7 Å². The molecule has 2 rings (SSSR count). The van der Waals surface area contributed by atoms with Gasteiger partial charge in [0.2, 0.25) is 0 Å². The van der Waals surface area contributed by atoms with Crippen LogP contribution in [0.3, 0.4) is 0 Å². The van der Waals surface area contributed by atoms with Crippen molar-refractivity contribution in [2.45, 2.75) is 25.8 Å². The van der Waals surface area contributed by atoms with E-state index in [0.29, 0.717) is 28.9 Å². The summed E-state index contributed by atoms with van der Waals surface area (Å²) in [6.07, 6.45) is 1.49. The molecule has 0 aliphatic rings. The minimum atomic E-state index is -0.686. The summed E-state index contributed by atoms with van der Waals surface area (Å²) in [4.78, 5) is 46.6. The number of nitrogens with two attached hydrogens (primary N) is 2. The van der Waals surface area contributed by atoms with Gasteiger partial charge in [-0.3, -0.25) is 9.59 Å². The van der Waals surface area contributed by atoms with Gasteiger partial charge in [-0.2, -0.15) is 0 Å². The average Bonchev–Trinajstić information content (AvgIpc) is 2.72. The van der Waals surface area contributed by atoms with Crippen molar-refractivity contribution >= 4 is 35.3 Å². The Bertz CT molecular complexity index is 928. The van der Waals surface area contributed by atoms with E-state index in [1.807, 2.05) is 6.92 Å². The molecule has 0 bridgehead atoms. The van der Waals surface area contributed by atoms with E-state index in [9.17, 15) is 19.2 Å². The van der Waals surface area contributed by atoms with Crippen molar-refractivity contribution in [3.8, 4) is 0 Å². The van der Waals surface area contributed by atoms with Crippen LogP contribution in [0.15, 0.2) is 48.5 Å². The van der Waals surface area contributed by atoms with Crippen molar-refractivity contribution in [1.82, 2.24) is 10.6 Å². The van der Waals surface area contributed by atoms with E-state index < -0.39 is 12.1 Å². The molecule has 0 aliphatic heterocycles.